The Kier molecular flexibility index (Phi) is 10.1. The molecule has 1 N–H and O–H groups in total. The molecule has 0 aliphatic carbocycles. The van der Waals surface area contributed by atoms with Gasteiger partial charge < -0.3 is 19.5 Å². The molecule has 0 amide bonds. The van der Waals surface area contributed by atoms with Gasteiger partial charge in [0.05, 0.1) is 6.10 Å². The molecule has 0 bridgehead atoms. The van der Waals surface area contributed by atoms with Gasteiger partial charge in [-0.25, -0.2) is 4.99 Å². The first-order chi connectivity index (χ1) is 13.6. The average molecular weight is 519 g/mol. The molecule has 1 unspecified atom stereocenters. The van der Waals surface area contributed by atoms with Crippen LogP contribution < -0.4 is 5.32 Å². The zero-order valence-electron chi connectivity index (χ0n) is 18.4. The van der Waals surface area contributed by atoms with Gasteiger partial charge in [0.2, 0.25) is 0 Å². The quantitative estimate of drug-likeness (QED) is 0.339. The summed E-state index contributed by atoms with van der Waals surface area (Å²) in [5, 5.41) is 12.1. The minimum atomic E-state index is 0. The zero-order chi connectivity index (χ0) is 19.9. The Hall–Kier alpha value is -0.940. The van der Waals surface area contributed by atoms with Gasteiger partial charge in [-0.2, -0.15) is 0 Å². The number of halogens is 1. The van der Waals surface area contributed by atoms with Crippen LogP contribution in [0.4, 0.5) is 0 Å². The van der Waals surface area contributed by atoms with Crippen LogP contribution in [0, 0.1) is 6.92 Å². The molecular formula is C20H38IN7O. The third-order valence-corrected chi connectivity index (χ3v) is 6.10. The Bertz CT molecular complexity index is 643. The fraction of sp³-hybridized carbons (Fsp3) is 0.850. The number of hydrogen-bond donors (Lipinski definition) is 1. The maximum absolute atomic E-state index is 5.81. The maximum atomic E-state index is 5.81. The molecule has 29 heavy (non-hydrogen) atoms. The number of likely N-dealkylation sites (N-methyl/N-ethyl adjacent to an activating group) is 1. The molecule has 8 nitrogen and oxygen atoms in total. The van der Waals surface area contributed by atoms with Crippen LogP contribution in [0.25, 0.3) is 0 Å². The van der Waals surface area contributed by atoms with Gasteiger partial charge in [-0.3, -0.25) is 4.90 Å². The Morgan fingerprint density at radius 3 is 2.55 bits per heavy atom. The van der Waals surface area contributed by atoms with Crippen molar-refractivity contribution < 1.29 is 4.74 Å². The fourth-order valence-corrected chi connectivity index (χ4v) is 4.22. The second-order valence-electron chi connectivity index (χ2n) is 7.81. The Balaban J connectivity index is 0.00000300. The van der Waals surface area contributed by atoms with Crippen molar-refractivity contribution in [1.82, 2.24) is 29.9 Å². The number of aromatic nitrogens is 3. The van der Waals surface area contributed by atoms with E-state index in [2.05, 4.69) is 39.2 Å². The van der Waals surface area contributed by atoms with Crippen molar-refractivity contribution >= 4 is 29.9 Å². The number of likely N-dealkylation sites (tertiary alicyclic amines) is 2. The first-order valence-corrected chi connectivity index (χ1v) is 10.9. The third-order valence-electron chi connectivity index (χ3n) is 6.10. The highest BCUT2D eigenvalue weighted by molar-refractivity contribution is 14.0. The number of ether oxygens (including phenoxy) is 1. The summed E-state index contributed by atoms with van der Waals surface area (Å²) in [5.41, 5.74) is 0. The van der Waals surface area contributed by atoms with E-state index < -0.39 is 0 Å². The van der Waals surface area contributed by atoms with E-state index in [0.717, 1.165) is 63.2 Å². The predicted octanol–water partition coefficient (Wildman–Crippen LogP) is 2.17. The molecule has 2 saturated heterocycles. The molecule has 2 aliphatic heterocycles. The SMILES string of the molecule is CCOC1CCN(C(=NCc2nnc(C)n2C)NCC2CCCN2CC)CC1.I. The van der Waals surface area contributed by atoms with E-state index in [4.69, 9.17) is 9.73 Å². The molecule has 2 fully saturated rings. The van der Waals surface area contributed by atoms with Crippen LogP contribution in [0.5, 0.6) is 0 Å². The smallest absolute Gasteiger partial charge is 0.194 e. The number of aryl methyl sites for hydroxylation is 1. The van der Waals surface area contributed by atoms with Gasteiger partial charge in [-0.15, -0.1) is 34.2 Å². The number of nitrogens with one attached hydrogen (secondary N) is 1. The lowest BCUT2D eigenvalue weighted by Crippen LogP contribution is -2.50. The average Bonchev–Trinajstić information content (AvgIpc) is 3.30. The van der Waals surface area contributed by atoms with Gasteiger partial charge in [-0.1, -0.05) is 6.92 Å². The largest absolute Gasteiger partial charge is 0.378 e. The topological polar surface area (TPSA) is 70.8 Å². The molecule has 0 aromatic carbocycles. The van der Waals surface area contributed by atoms with E-state index >= 15 is 0 Å². The van der Waals surface area contributed by atoms with Gasteiger partial charge in [0.1, 0.15) is 12.4 Å². The summed E-state index contributed by atoms with van der Waals surface area (Å²) in [6, 6.07) is 0.605. The number of nitrogens with zero attached hydrogens (tertiary/aromatic N) is 6. The van der Waals surface area contributed by atoms with E-state index in [1.807, 2.05) is 18.5 Å². The molecule has 2 aliphatic rings. The van der Waals surface area contributed by atoms with Gasteiger partial charge in [0.25, 0.3) is 0 Å². The molecule has 3 heterocycles. The van der Waals surface area contributed by atoms with Crippen LogP contribution in [-0.4, -0.2) is 82.0 Å². The Morgan fingerprint density at radius 1 is 1.17 bits per heavy atom. The molecule has 1 aromatic rings. The van der Waals surface area contributed by atoms with Crippen LogP contribution in [0.2, 0.25) is 0 Å². The van der Waals surface area contributed by atoms with Gasteiger partial charge >= 0.3 is 0 Å². The zero-order valence-corrected chi connectivity index (χ0v) is 20.8. The van der Waals surface area contributed by atoms with Gasteiger partial charge in [-0.05, 0) is 52.6 Å². The fourth-order valence-electron chi connectivity index (χ4n) is 4.22. The van der Waals surface area contributed by atoms with E-state index in [9.17, 15) is 0 Å². The van der Waals surface area contributed by atoms with Crippen LogP contribution in [0.15, 0.2) is 4.99 Å². The highest BCUT2D eigenvalue weighted by atomic mass is 127. The van der Waals surface area contributed by atoms with Crippen molar-refractivity contribution in [3.8, 4) is 0 Å². The second kappa shape index (κ2) is 12.0. The normalized spacial score (nSPS) is 21.4. The van der Waals surface area contributed by atoms with Gasteiger partial charge in [0, 0.05) is 39.3 Å². The van der Waals surface area contributed by atoms with Gasteiger partial charge in [0.15, 0.2) is 11.8 Å². The number of piperidine rings is 1. The summed E-state index contributed by atoms with van der Waals surface area (Å²) < 4.78 is 7.83. The summed E-state index contributed by atoms with van der Waals surface area (Å²) in [6.07, 6.45) is 5.06. The van der Waals surface area contributed by atoms with Crippen molar-refractivity contribution in [3.63, 3.8) is 0 Å². The molecule has 0 saturated carbocycles. The first-order valence-electron chi connectivity index (χ1n) is 10.9. The molecule has 1 aromatic heterocycles. The lowest BCUT2D eigenvalue weighted by molar-refractivity contribution is 0.0263. The molecular weight excluding hydrogens is 481 g/mol. The number of hydrogen-bond acceptors (Lipinski definition) is 5. The van der Waals surface area contributed by atoms with Crippen LogP contribution >= 0.6 is 24.0 Å². The van der Waals surface area contributed by atoms with E-state index in [1.165, 1.54) is 19.4 Å². The molecule has 3 rings (SSSR count). The predicted molar refractivity (Wildman–Crippen MR) is 127 cm³/mol. The van der Waals surface area contributed by atoms with Crippen LogP contribution in [-0.2, 0) is 18.3 Å². The van der Waals surface area contributed by atoms with Crippen LogP contribution in [0.1, 0.15) is 51.2 Å². The molecule has 1 atom stereocenters. The molecule has 0 spiro atoms. The van der Waals surface area contributed by atoms with E-state index in [-0.39, 0.29) is 24.0 Å². The summed E-state index contributed by atoms with van der Waals surface area (Å²) in [4.78, 5) is 9.87. The third kappa shape index (κ3) is 6.52. The second-order valence-corrected chi connectivity index (χ2v) is 7.81. The Labute approximate surface area is 192 Å². The number of rotatable bonds is 7. The van der Waals surface area contributed by atoms with Crippen molar-refractivity contribution in [2.75, 3.05) is 39.3 Å². The summed E-state index contributed by atoms with van der Waals surface area (Å²) in [6.45, 7) is 12.9. The van der Waals surface area contributed by atoms with E-state index in [1.54, 1.807) is 0 Å². The van der Waals surface area contributed by atoms with Crippen molar-refractivity contribution in [3.05, 3.63) is 11.6 Å². The minimum absolute atomic E-state index is 0. The number of guanidine groups is 1. The lowest BCUT2D eigenvalue weighted by atomic mass is 10.1. The minimum Gasteiger partial charge on any atom is -0.378 e. The summed E-state index contributed by atoms with van der Waals surface area (Å²) in [7, 11) is 2.00. The van der Waals surface area contributed by atoms with Crippen molar-refractivity contribution in [2.24, 2.45) is 12.0 Å². The summed E-state index contributed by atoms with van der Waals surface area (Å²) in [5.74, 6) is 2.82. The molecule has 0 radical (unpaired) electrons. The highest BCUT2D eigenvalue weighted by Gasteiger charge is 2.25. The molecule has 9 heteroatoms. The van der Waals surface area contributed by atoms with Crippen LogP contribution in [0.3, 0.4) is 0 Å². The Morgan fingerprint density at radius 2 is 1.93 bits per heavy atom. The monoisotopic (exact) mass is 519 g/mol. The highest BCUT2D eigenvalue weighted by Crippen LogP contribution is 2.17. The maximum Gasteiger partial charge on any atom is 0.194 e. The van der Waals surface area contributed by atoms with Crippen molar-refractivity contribution in [2.45, 2.75) is 65.1 Å². The van der Waals surface area contributed by atoms with Crippen molar-refractivity contribution in [1.29, 1.82) is 0 Å². The number of aliphatic imine (C=N–C) groups is 1. The lowest BCUT2D eigenvalue weighted by Gasteiger charge is -2.35. The first kappa shape index (κ1) is 24.3. The van der Waals surface area contributed by atoms with E-state index in [0.29, 0.717) is 18.7 Å². The molecule has 166 valence electrons. The standard InChI is InChI=1S/C20H37N7O.HI/c1-5-26-11-7-8-17(26)14-21-20(22-15-19-24-23-16(3)25(19)4)27-12-9-18(10-13-27)28-6-2;/h17-18H,5-15H2,1-4H3,(H,21,22);1H. The summed E-state index contributed by atoms with van der Waals surface area (Å²) >= 11 is 0.